The summed E-state index contributed by atoms with van der Waals surface area (Å²) in [4.78, 5) is 22.9. The first-order chi connectivity index (χ1) is 7.87. The van der Waals surface area contributed by atoms with Gasteiger partial charge in [0, 0.05) is 25.5 Å². The summed E-state index contributed by atoms with van der Waals surface area (Å²) in [6.07, 6.45) is 0.428. The van der Waals surface area contributed by atoms with Gasteiger partial charge in [0.05, 0.1) is 6.61 Å². The van der Waals surface area contributed by atoms with Gasteiger partial charge in [0.1, 0.15) is 0 Å². The van der Waals surface area contributed by atoms with Crippen LogP contribution in [0.4, 0.5) is 0 Å². The highest BCUT2D eigenvalue weighted by atomic mass is 16.5. The van der Waals surface area contributed by atoms with E-state index in [1.54, 1.807) is 0 Å². The molecule has 1 rings (SSSR count). The molecule has 6 nitrogen and oxygen atoms in total. The van der Waals surface area contributed by atoms with Crippen molar-refractivity contribution in [3.05, 3.63) is 0 Å². The molecule has 0 aliphatic carbocycles. The van der Waals surface area contributed by atoms with Crippen LogP contribution in [-0.4, -0.2) is 41.8 Å². The van der Waals surface area contributed by atoms with Crippen LogP contribution in [0.2, 0.25) is 0 Å². The Morgan fingerprint density at radius 1 is 1.53 bits per heavy atom. The quantitative estimate of drug-likeness (QED) is 0.617. The van der Waals surface area contributed by atoms with Crippen LogP contribution in [0.5, 0.6) is 0 Å². The van der Waals surface area contributed by atoms with Gasteiger partial charge in [-0.2, -0.15) is 0 Å². The van der Waals surface area contributed by atoms with E-state index in [1.165, 1.54) is 0 Å². The number of rotatable bonds is 5. The average molecular weight is 244 g/mol. The van der Waals surface area contributed by atoms with Gasteiger partial charge in [-0.3, -0.25) is 4.79 Å². The van der Waals surface area contributed by atoms with Gasteiger partial charge in [0.2, 0.25) is 5.91 Å². The molecule has 0 bridgehead atoms. The third kappa shape index (κ3) is 3.41. The molecular formula is C11H20N2O4. The largest absolute Gasteiger partial charge is 0.479 e. The Morgan fingerprint density at radius 2 is 2.18 bits per heavy atom. The number of amides is 1. The number of nitrogens with one attached hydrogen (secondary N) is 1. The number of carbonyl (C=O) groups is 2. The summed E-state index contributed by atoms with van der Waals surface area (Å²) in [5, 5.41) is 11.7. The highest BCUT2D eigenvalue weighted by Gasteiger charge is 2.43. The number of carboxylic acids is 1. The lowest BCUT2D eigenvalue weighted by atomic mass is 9.97. The minimum Gasteiger partial charge on any atom is -0.479 e. The van der Waals surface area contributed by atoms with Crippen molar-refractivity contribution < 1.29 is 19.4 Å². The number of hydrogen-bond donors (Lipinski definition) is 3. The molecule has 0 spiro atoms. The van der Waals surface area contributed by atoms with E-state index in [0.29, 0.717) is 13.0 Å². The fourth-order valence-electron chi connectivity index (χ4n) is 1.65. The Labute approximate surface area is 101 Å². The van der Waals surface area contributed by atoms with E-state index in [-0.39, 0.29) is 30.9 Å². The van der Waals surface area contributed by atoms with Crippen molar-refractivity contribution >= 4 is 11.9 Å². The molecule has 1 fully saturated rings. The number of aliphatic carboxylic acids is 1. The van der Waals surface area contributed by atoms with Gasteiger partial charge in [0.15, 0.2) is 5.54 Å². The molecule has 1 aliphatic heterocycles. The van der Waals surface area contributed by atoms with Crippen LogP contribution in [0.3, 0.4) is 0 Å². The highest BCUT2D eigenvalue weighted by Crippen LogP contribution is 2.19. The van der Waals surface area contributed by atoms with Gasteiger partial charge in [-0.1, -0.05) is 13.8 Å². The first kappa shape index (κ1) is 13.9. The number of carbonyl (C=O) groups excluding carboxylic acids is 1. The number of hydrogen-bond acceptors (Lipinski definition) is 4. The van der Waals surface area contributed by atoms with Crippen LogP contribution in [0.15, 0.2) is 0 Å². The van der Waals surface area contributed by atoms with E-state index in [1.807, 2.05) is 13.8 Å². The molecule has 1 saturated heterocycles. The van der Waals surface area contributed by atoms with Crippen molar-refractivity contribution in [2.24, 2.45) is 11.7 Å². The second kappa shape index (κ2) is 5.46. The zero-order chi connectivity index (χ0) is 13.1. The normalized spacial score (nSPS) is 25.9. The third-order valence-corrected chi connectivity index (χ3v) is 3.09. The molecule has 1 heterocycles. The van der Waals surface area contributed by atoms with Gasteiger partial charge >= 0.3 is 5.97 Å². The van der Waals surface area contributed by atoms with Crippen LogP contribution >= 0.6 is 0 Å². The van der Waals surface area contributed by atoms with Gasteiger partial charge in [-0.15, -0.1) is 0 Å². The third-order valence-electron chi connectivity index (χ3n) is 3.09. The van der Waals surface area contributed by atoms with Gasteiger partial charge < -0.3 is 20.9 Å². The van der Waals surface area contributed by atoms with Crippen LogP contribution < -0.4 is 11.1 Å². The molecule has 98 valence electrons. The first-order valence-electron chi connectivity index (χ1n) is 5.75. The lowest BCUT2D eigenvalue weighted by molar-refractivity contribution is -0.147. The summed E-state index contributed by atoms with van der Waals surface area (Å²) in [7, 11) is 0. The predicted octanol–water partition coefficient (Wildman–Crippen LogP) is -0.280. The summed E-state index contributed by atoms with van der Waals surface area (Å²) in [6, 6.07) is -0.261. The van der Waals surface area contributed by atoms with E-state index in [0.717, 1.165) is 0 Å². The van der Waals surface area contributed by atoms with Crippen LogP contribution in [-0.2, 0) is 14.3 Å². The summed E-state index contributed by atoms with van der Waals surface area (Å²) < 4.78 is 5.05. The predicted molar refractivity (Wildman–Crippen MR) is 61.4 cm³/mol. The van der Waals surface area contributed by atoms with E-state index < -0.39 is 11.5 Å². The van der Waals surface area contributed by atoms with Crippen LogP contribution in [0.1, 0.15) is 26.7 Å². The molecule has 17 heavy (non-hydrogen) atoms. The summed E-state index contributed by atoms with van der Waals surface area (Å²) in [5.74, 6) is -1.21. The summed E-state index contributed by atoms with van der Waals surface area (Å²) in [5.41, 5.74) is 4.50. The Kier molecular flexibility index (Phi) is 4.47. The SMILES string of the molecule is CC(C)C(N)CC(=O)NC1(C(=O)O)CCOC1. The highest BCUT2D eigenvalue weighted by molar-refractivity contribution is 5.87. The average Bonchev–Trinajstić information content (AvgIpc) is 2.67. The van der Waals surface area contributed by atoms with Crippen LogP contribution in [0, 0.1) is 5.92 Å². The maximum atomic E-state index is 11.7. The molecule has 6 heteroatoms. The van der Waals surface area contributed by atoms with Crippen molar-refractivity contribution in [3.63, 3.8) is 0 Å². The molecule has 0 aromatic heterocycles. The topological polar surface area (TPSA) is 102 Å². The molecule has 4 N–H and O–H groups in total. The van der Waals surface area contributed by atoms with Gasteiger partial charge in [0.25, 0.3) is 0 Å². The Morgan fingerprint density at radius 3 is 2.59 bits per heavy atom. The van der Waals surface area contributed by atoms with E-state index >= 15 is 0 Å². The minimum atomic E-state index is -1.27. The molecular weight excluding hydrogens is 224 g/mol. The minimum absolute atomic E-state index is 0.0188. The van der Waals surface area contributed by atoms with Crippen molar-refractivity contribution in [1.82, 2.24) is 5.32 Å². The maximum Gasteiger partial charge on any atom is 0.331 e. The zero-order valence-corrected chi connectivity index (χ0v) is 10.2. The van der Waals surface area contributed by atoms with Crippen molar-refractivity contribution in [1.29, 1.82) is 0 Å². The van der Waals surface area contributed by atoms with E-state index in [2.05, 4.69) is 5.32 Å². The summed E-state index contributed by atoms with van der Waals surface area (Å²) >= 11 is 0. The fraction of sp³-hybridized carbons (Fsp3) is 0.818. The molecule has 0 radical (unpaired) electrons. The van der Waals surface area contributed by atoms with Crippen molar-refractivity contribution in [3.8, 4) is 0 Å². The van der Waals surface area contributed by atoms with Crippen molar-refractivity contribution in [2.45, 2.75) is 38.3 Å². The monoisotopic (exact) mass is 244 g/mol. The Hall–Kier alpha value is -1.14. The molecule has 0 saturated carbocycles. The standard InChI is InChI=1S/C11H20N2O4/c1-7(2)8(12)5-9(14)13-11(10(15)16)3-4-17-6-11/h7-8H,3-6,12H2,1-2H3,(H,13,14)(H,15,16). The molecule has 0 aromatic rings. The van der Waals surface area contributed by atoms with Gasteiger partial charge in [-0.25, -0.2) is 4.79 Å². The second-order valence-corrected chi connectivity index (χ2v) is 4.85. The van der Waals surface area contributed by atoms with Crippen LogP contribution in [0.25, 0.3) is 0 Å². The second-order valence-electron chi connectivity index (χ2n) is 4.85. The molecule has 2 atom stereocenters. The molecule has 0 aromatic carbocycles. The van der Waals surface area contributed by atoms with Gasteiger partial charge in [-0.05, 0) is 5.92 Å². The fourth-order valence-corrected chi connectivity index (χ4v) is 1.65. The summed E-state index contributed by atoms with van der Waals surface area (Å²) in [6.45, 7) is 4.21. The smallest absolute Gasteiger partial charge is 0.331 e. The molecule has 2 unspecified atom stereocenters. The lowest BCUT2D eigenvalue weighted by Crippen LogP contribution is -2.56. The zero-order valence-electron chi connectivity index (χ0n) is 10.2. The molecule has 1 aliphatic rings. The van der Waals surface area contributed by atoms with E-state index in [9.17, 15) is 9.59 Å². The Bertz CT molecular complexity index is 298. The number of carboxylic acid groups (broad SMARTS) is 1. The molecule has 1 amide bonds. The maximum absolute atomic E-state index is 11.7. The first-order valence-corrected chi connectivity index (χ1v) is 5.75. The lowest BCUT2D eigenvalue weighted by Gasteiger charge is -2.25. The number of ether oxygens (including phenoxy) is 1. The van der Waals surface area contributed by atoms with E-state index in [4.69, 9.17) is 15.6 Å². The Balaban J connectivity index is 2.57. The van der Waals surface area contributed by atoms with Crippen molar-refractivity contribution in [2.75, 3.05) is 13.2 Å². The number of nitrogens with two attached hydrogens (primary N) is 1.